The van der Waals surface area contributed by atoms with Crippen molar-refractivity contribution >= 4 is 12.0 Å². The molecule has 0 spiro atoms. The molecule has 2 atom stereocenters. The summed E-state index contributed by atoms with van der Waals surface area (Å²) in [5.74, 6) is -0.842. The quantitative estimate of drug-likeness (QED) is 0.622. The van der Waals surface area contributed by atoms with E-state index in [-0.39, 0.29) is 24.6 Å². The van der Waals surface area contributed by atoms with Gasteiger partial charge in [-0.1, -0.05) is 0 Å². The molecule has 3 N–H and O–H groups in total. The lowest BCUT2D eigenvalue weighted by Gasteiger charge is -2.27. The van der Waals surface area contributed by atoms with Gasteiger partial charge in [0.25, 0.3) is 0 Å². The molecule has 17 heavy (non-hydrogen) atoms. The fourth-order valence-electron chi connectivity index (χ4n) is 1.81. The second-order valence-electron chi connectivity index (χ2n) is 4.30. The van der Waals surface area contributed by atoms with E-state index in [1.165, 1.54) is 0 Å². The van der Waals surface area contributed by atoms with Crippen LogP contribution in [0, 0.1) is 0 Å². The third-order valence-corrected chi connectivity index (χ3v) is 2.67. The number of hydrogen-bond acceptors (Lipinski definition) is 3. The van der Waals surface area contributed by atoms with E-state index in [2.05, 4.69) is 10.6 Å². The average Bonchev–Trinajstić information content (AvgIpc) is 2.24. The molecule has 2 unspecified atom stereocenters. The molecule has 1 aliphatic heterocycles. The van der Waals surface area contributed by atoms with Crippen LogP contribution < -0.4 is 10.6 Å². The van der Waals surface area contributed by atoms with Crippen LogP contribution in [-0.2, 0) is 9.53 Å². The topological polar surface area (TPSA) is 87.7 Å². The standard InChI is InChI=1S/C11H20N2O4/c1-8-7-9(4-6-17-8)13-11(16)12-5-2-3-10(14)15/h8-9H,2-7H2,1H3,(H,14,15)(H2,12,13,16). The molecule has 2 amide bonds. The van der Waals surface area contributed by atoms with Crippen LogP contribution in [0.3, 0.4) is 0 Å². The van der Waals surface area contributed by atoms with Gasteiger partial charge in [-0.2, -0.15) is 0 Å². The third kappa shape index (κ3) is 6.11. The Hall–Kier alpha value is -1.30. The van der Waals surface area contributed by atoms with Crippen LogP contribution in [-0.4, -0.2) is 42.4 Å². The summed E-state index contributed by atoms with van der Waals surface area (Å²) in [6.07, 6.45) is 2.36. The Bertz CT molecular complexity index is 270. The molecule has 98 valence electrons. The first-order chi connectivity index (χ1) is 8.08. The Labute approximate surface area is 101 Å². The van der Waals surface area contributed by atoms with Gasteiger partial charge in [0.15, 0.2) is 0 Å². The molecule has 0 bridgehead atoms. The van der Waals surface area contributed by atoms with E-state index in [0.29, 0.717) is 19.6 Å². The highest BCUT2D eigenvalue weighted by Gasteiger charge is 2.20. The van der Waals surface area contributed by atoms with E-state index >= 15 is 0 Å². The molecule has 1 fully saturated rings. The van der Waals surface area contributed by atoms with Crippen molar-refractivity contribution < 1.29 is 19.4 Å². The van der Waals surface area contributed by atoms with Crippen molar-refractivity contribution in [2.24, 2.45) is 0 Å². The summed E-state index contributed by atoms with van der Waals surface area (Å²) in [6, 6.07) is -0.0762. The number of carboxylic acids is 1. The fraction of sp³-hybridized carbons (Fsp3) is 0.818. The van der Waals surface area contributed by atoms with Crippen LogP contribution in [0.5, 0.6) is 0 Å². The van der Waals surface area contributed by atoms with Crippen LogP contribution >= 0.6 is 0 Å². The second-order valence-corrected chi connectivity index (χ2v) is 4.30. The molecule has 1 saturated heterocycles. The fourth-order valence-corrected chi connectivity index (χ4v) is 1.81. The van der Waals surface area contributed by atoms with Gasteiger partial charge in [0.1, 0.15) is 0 Å². The Balaban J connectivity index is 2.09. The molecule has 0 aromatic carbocycles. The Kier molecular flexibility index (Phi) is 5.76. The van der Waals surface area contributed by atoms with E-state index in [9.17, 15) is 9.59 Å². The van der Waals surface area contributed by atoms with E-state index in [0.717, 1.165) is 12.8 Å². The molecular weight excluding hydrogens is 224 g/mol. The van der Waals surface area contributed by atoms with Crippen LogP contribution in [0.25, 0.3) is 0 Å². The number of hydrogen-bond donors (Lipinski definition) is 3. The van der Waals surface area contributed by atoms with Crippen molar-refractivity contribution in [2.45, 2.75) is 44.8 Å². The van der Waals surface area contributed by atoms with Gasteiger partial charge >= 0.3 is 12.0 Å². The van der Waals surface area contributed by atoms with Gasteiger partial charge in [0, 0.05) is 25.6 Å². The number of ether oxygens (including phenoxy) is 1. The SMILES string of the molecule is CC1CC(NC(=O)NCCCC(=O)O)CCO1. The highest BCUT2D eigenvalue weighted by atomic mass is 16.5. The van der Waals surface area contributed by atoms with Crippen molar-refractivity contribution in [1.82, 2.24) is 10.6 Å². The maximum Gasteiger partial charge on any atom is 0.315 e. The minimum Gasteiger partial charge on any atom is -0.481 e. The van der Waals surface area contributed by atoms with Gasteiger partial charge in [-0.15, -0.1) is 0 Å². The summed E-state index contributed by atoms with van der Waals surface area (Å²) in [5, 5.41) is 13.9. The summed E-state index contributed by atoms with van der Waals surface area (Å²) < 4.78 is 5.38. The highest BCUT2D eigenvalue weighted by molar-refractivity contribution is 5.74. The number of carbonyl (C=O) groups excluding carboxylic acids is 1. The molecule has 0 aliphatic carbocycles. The molecule has 0 aromatic rings. The summed E-state index contributed by atoms with van der Waals surface area (Å²) in [4.78, 5) is 21.7. The Morgan fingerprint density at radius 3 is 2.88 bits per heavy atom. The van der Waals surface area contributed by atoms with Crippen molar-refractivity contribution in [3.05, 3.63) is 0 Å². The van der Waals surface area contributed by atoms with E-state index < -0.39 is 5.97 Å². The lowest BCUT2D eigenvalue weighted by atomic mass is 10.0. The largest absolute Gasteiger partial charge is 0.481 e. The molecule has 6 heteroatoms. The first-order valence-corrected chi connectivity index (χ1v) is 5.95. The van der Waals surface area contributed by atoms with Gasteiger partial charge in [-0.3, -0.25) is 4.79 Å². The molecule has 1 rings (SSSR count). The molecule has 0 saturated carbocycles. The van der Waals surface area contributed by atoms with E-state index in [4.69, 9.17) is 9.84 Å². The molecule has 0 radical (unpaired) electrons. The number of urea groups is 1. The maximum absolute atomic E-state index is 11.5. The maximum atomic E-state index is 11.5. The van der Waals surface area contributed by atoms with Crippen molar-refractivity contribution in [1.29, 1.82) is 0 Å². The van der Waals surface area contributed by atoms with Crippen LogP contribution in [0.15, 0.2) is 0 Å². The van der Waals surface area contributed by atoms with E-state index in [1.807, 2.05) is 6.92 Å². The van der Waals surface area contributed by atoms with Crippen molar-refractivity contribution in [3.63, 3.8) is 0 Å². The number of carbonyl (C=O) groups is 2. The Morgan fingerprint density at radius 2 is 2.24 bits per heavy atom. The number of amides is 2. The van der Waals surface area contributed by atoms with E-state index in [1.54, 1.807) is 0 Å². The molecule has 6 nitrogen and oxygen atoms in total. The zero-order valence-corrected chi connectivity index (χ0v) is 10.1. The minimum absolute atomic E-state index is 0.0780. The lowest BCUT2D eigenvalue weighted by Crippen LogP contribution is -2.46. The van der Waals surface area contributed by atoms with Gasteiger partial charge < -0.3 is 20.5 Å². The highest BCUT2D eigenvalue weighted by Crippen LogP contribution is 2.12. The zero-order chi connectivity index (χ0) is 12.7. The molecule has 1 heterocycles. The normalized spacial score (nSPS) is 24.1. The Morgan fingerprint density at radius 1 is 1.47 bits per heavy atom. The third-order valence-electron chi connectivity index (χ3n) is 2.67. The molecule has 0 aromatic heterocycles. The van der Waals surface area contributed by atoms with Gasteiger partial charge in [0.2, 0.25) is 0 Å². The van der Waals surface area contributed by atoms with Crippen LogP contribution in [0.2, 0.25) is 0 Å². The second kappa shape index (κ2) is 7.11. The lowest BCUT2D eigenvalue weighted by molar-refractivity contribution is -0.137. The van der Waals surface area contributed by atoms with Crippen molar-refractivity contribution in [2.75, 3.05) is 13.2 Å². The molecular formula is C11H20N2O4. The smallest absolute Gasteiger partial charge is 0.315 e. The van der Waals surface area contributed by atoms with Gasteiger partial charge in [-0.05, 0) is 26.2 Å². The minimum atomic E-state index is -0.842. The average molecular weight is 244 g/mol. The number of nitrogens with one attached hydrogen (secondary N) is 2. The summed E-state index contributed by atoms with van der Waals surface area (Å²) in [5.41, 5.74) is 0. The zero-order valence-electron chi connectivity index (χ0n) is 10.1. The van der Waals surface area contributed by atoms with Crippen molar-refractivity contribution in [3.8, 4) is 0 Å². The number of carboxylic acid groups (broad SMARTS) is 1. The summed E-state index contributed by atoms with van der Waals surface area (Å²) in [6.45, 7) is 3.04. The van der Waals surface area contributed by atoms with Gasteiger partial charge in [-0.25, -0.2) is 4.79 Å². The first kappa shape index (κ1) is 13.8. The monoisotopic (exact) mass is 244 g/mol. The summed E-state index contributed by atoms with van der Waals surface area (Å²) in [7, 11) is 0. The van der Waals surface area contributed by atoms with Gasteiger partial charge in [0.05, 0.1) is 6.10 Å². The van der Waals surface area contributed by atoms with Crippen LogP contribution in [0.1, 0.15) is 32.6 Å². The molecule has 1 aliphatic rings. The number of aliphatic carboxylic acids is 1. The first-order valence-electron chi connectivity index (χ1n) is 5.95. The summed E-state index contributed by atoms with van der Waals surface area (Å²) >= 11 is 0. The predicted molar refractivity (Wildman–Crippen MR) is 61.8 cm³/mol. The number of rotatable bonds is 5. The van der Waals surface area contributed by atoms with Crippen LogP contribution in [0.4, 0.5) is 4.79 Å². The predicted octanol–water partition coefficient (Wildman–Crippen LogP) is 0.718.